The average molecular weight is 323 g/mol. The molecule has 1 N–H and O–H groups in total. The molecule has 0 aromatic carbocycles. The fraction of sp³-hybridized carbons (Fsp3) is 0.462. The molecule has 1 amide bonds. The summed E-state index contributed by atoms with van der Waals surface area (Å²) in [6, 6.07) is 1.67. The molecule has 1 aliphatic rings. The van der Waals surface area contributed by atoms with Gasteiger partial charge in [0, 0.05) is 25.4 Å². The number of carbonyl (C=O) groups excluding carboxylic acids is 1. The maximum absolute atomic E-state index is 12.5. The molecule has 0 unspecified atom stereocenters. The van der Waals surface area contributed by atoms with E-state index in [0.717, 1.165) is 18.7 Å². The van der Waals surface area contributed by atoms with Crippen molar-refractivity contribution in [1.82, 2.24) is 24.1 Å². The lowest BCUT2D eigenvalue weighted by molar-refractivity contribution is -0.126. The van der Waals surface area contributed by atoms with Crippen molar-refractivity contribution in [1.29, 1.82) is 0 Å². The third kappa shape index (κ3) is 2.31. The number of carbonyl (C=O) groups is 1. The molecule has 0 fully saturated rings. The van der Waals surface area contributed by atoms with E-state index < -0.39 is 21.5 Å². The molecular weight excluding hydrogens is 306 g/mol. The molecule has 0 aliphatic carbocycles. The Kier molecular flexibility index (Phi) is 3.32. The van der Waals surface area contributed by atoms with E-state index in [9.17, 15) is 13.2 Å². The van der Waals surface area contributed by atoms with Crippen LogP contribution >= 0.6 is 0 Å². The number of nitrogens with zero attached hydrogens (tertiary/aromatic N) is 4. The molecular formula is C13H17N5O3S. The van der Waals surface area contributed by atoms with Crippen molar-refractivity contribution >= 4 is 15.9 Å². The van der Waals surface area contributed by atoms with Gasteiger partial charge in [0.2, 0.25) is 0 Å². The van der Waals surface area contributed by atoms with Crippen molar-refractivity contribution in [3.8, 4) is 0 Å². The van der Waals surface area contributed by atoms with Gasteiger partial charge >= 0.3 is 0 Å². The van der Waals surface area contributed by atoms with Gasteiger partial charge < -0.3 is 4.57 Å². The molecule has 3 heterocycles. The van der Waals surface area contributed by atoms with Gasteiger partial charge in [0.15, 0.2) is 5.03 Å². The largest absolute Gasteiger partial charge is 0.318 e. The Hall–Kier alpha value is -2.16. The van der Waals surface area contributed by atoms with Gasteiger partial charge in [-0.25, -0.2) is 9.71 Å². The molecule has 0 radical (unpaired) electrons. The van der Waals surface area contributed by atoms with Crippen LogP contribution in [0.15, 0.2) is 29.7 Å². The Bertz CT molecular complexity index is 805. The van der Waals surface area contributed by atoms with Gasteiger partial charge in [-0.15, -0.1) is 0 Å². The molecule has 22 heavy (non-hydrogen) atoms. The quantitative estimate of drug-likeness (QED) is 0.870. The lowest BCUT2D eigenvalue weighted by Gasteiger charge is -2.24. The zero-order valence-corrected chi connectivity index (χ0v) is 13.2. The highest BCUT2D eigenvalue weighted by molar-refractivity contribution is 7.90. The number of rotatable bonds is 4. The monoisotopic (exact) mass is 323 g/mol. The summed E-state index contributed by atoms with van der Waals surface area (Å²) in [7, 11) is -3.96. The van der Waals surface area contributed by atoms with Crippen LogP contribution in [0.25, 0.3) is 0 Å². The molecule has 0 bridgehead atoms. The minimum absolute atomic E-state index is 0.0321. The molecule has 2 aromatic rings. The summed E-state index contributed by atoms with van der Waals surface area (Å²) in [5.74, 6) is 0.0870. The van der Waals surface area contributed by atoms with Crippen molar-refractivity contribution in [2.24, 2.45) is 0 Å². The number of fused-ring (bicyclic) bond motifs is 1. The molecule has 8 nitrogen and oxygen atoms in total. The highest BCUT2D eigenvalue weighted by Gasteiger charge is 2.35. The number of aryl methyl sites for hydroxylation is 1. The number of aromatic nitrogens is 4. The molecule has 3 rings (SSSR count). The van der Waals surface area contributed by atoms with Gasteiger partial charge in [-0.05, 0) is 26.3 Å². The standard InChI is InChI=1S/C13H17N5O3S/c1-13(2,18-8-4-6-15-18)12(19)16-22(20,21)11-9-14-10-5-3-7-17(10)11/h4,6,8-9H,3,5,7H2,1-2H3,(H,16,19). The van der Waals surface area contributed by atoms with Crippen molar-refractivity contribution in [3.05, 3.63) is 30.5 Å². The lowest BCUT2D eigenvalue weighted by Crippen LogP contribution is -2.47. The first-order chi connectivity index (χ1) is 10.3. The zero-order chi connectivity index (χ0) is 16.0. The second-order valence-electron chi connectivity index (χ2n) is 5.71. The Morgan fingerprint density at radius 2 is 2.18 bits per heavy atom. The van der Waals surface area contributed by atoms with E-state index in [4.69, 9.17) is 0 Å². The topological polar surface area (TPSA) is 98.9 Å². The summed E-state index contributed by atoms with van der Waals surface area (Å²) in [5, 5.41) is 4.04. The predicted molar refractivity (Wildman–Crippen MR) is 77.4 cm³/mol. The number of amides is 1. The number of sulfonamides is 1. The van der Waals surface area contributed by atoms with Crippen molar-refractivity contribution < 1.29 is 13.2 Å². The summed E-state index contributed by atoms with van der Waals surface area (Å²) in [6.07, 6.45) is 6.06. The van der Waals surface area contributed by atoms with E-state index in [2.05, 4.69) is 14.8 Å². The smallest absolute Gasteiger partial charge is 0.281 e. The highest BCUT2D eigenvalue weighted by Crippen LogP contribution is 2.21. The van der Waals surface area contributed by atoms with Crippen molar-refractivity contribution in [2.75, 3.05) is 0 Å². The Morgan fingerprint density at radius 3 is 2.86 bits per heavy atom. The van der Waals surface area contributed by atoms with Crippen LogP contribution in [-0.2, 0) is 33.3 Å². The molecule has 0 saturated heterocycles. The number of imidazole rings is 1. The third-order valence-electron chi connectivity index (χ3n) is 3.82. The van der Waals surface area contributed by atoms with E-state index in [1.54, 1.807) is 30.7 Å². The van der Waals surface area contributed by atoms with Gasteiger partial charge in [0.1, 0.15) is 11.4 Å². The summed E-state index contributed by atoms with van der Waals surface area (Å²) in [5.41, 5.74) is -1.12. The van der Waals surface area contributed by atoms with Crippen LogP contribution in [0.3, 0.4) is 0 Å². The second kappa shape index (κ2) is 4.94. The first kappa shape index (κ1) is 14.8. The van der Waals surface area contributed by atoms with Crippen molar-refractivity contribution in [2.45, 2.75) is 43.8 Å². The molecule has 2 aromatic heterocycles. The zero-order valence-electron chi connectivity index (χ0n) is 12.4. The Balaban J connectivity index is 1.87. The fourth-order valence-electron chi connectivity index (χ4n) is 2.45. The van der Waals surface area contributed by atoms with E-state index in [1.807, 2.05) is 0 Å². The average Bonchev–Trinajstić information content (AvgIpc) is 3.15. The summed E-state index contributed by atoms with van der Waals surface area (Å²) in [6.45, 7) is 3.81. The molecule has 9 heteroatoms. The van der Waals surface area contributed by atoms with Crippen molar-refractivity contribution in [3.63, 3.8) is 0 Å². The van der Waals surface area contributed by atoms with Crippen LogP contribution in [0.4, 0.5) is 0 Å². The minimum atomic E-state index is -3.96. The lowest BCUT2D eigenvalue weighted by atomic mass is 10.1. The maximum atomic E-state index is 12.5. The van der Waals surface area contributed by atoms with E-state index >= 15 is 0 Å². The van der Waals surface area contributed by atoms with Gasteiger partial charge in [-0.1, -0.05) is 0 Å². The fourth-order valence-corrected chi connectivity index (χ4v) is 3.72. The first-order valence-corrected chi connectivity index (χ1v) is 8.42. The van der Waals surface area contributed by atoms with Gasteiger partial charge in [-0.2, -0.15) is 13.5 Å². The van der Waals surface area contributed by atoms with E-state index in [0.29, 0.717) is 6.54 Å². The number of hydrogen-bond acceptors (Lipinski definition) is 5. The van der Waals surface area contributed by atoms with Gasteiger partial charge in [-0.3, -0.25) is 9.48 Å². The number of nitrogens with one attached hydrogen (secondary N) is 1. The summed E-state index contributed by atoms with van der Waals surface area (Å²) in [4.78, 5) is 16.5. The minimum Gasteiger partial charge on any atom is -0.318 e. The van der Waals surface area contributed by atoms with Crippen LogP contribution in [0.1, 0.15) is 26.1 Å². The Morgan fingerprint density at radius 1 is 1.41 bits per heavy atom. The number of hydrogen-bond donors (Lipinski definition) is 1. The molecule has 0 saturated carbocycles. The second-order valence-corrected chi connectivity index (χ2v) is 7.34. The summed E-state index contributed by atoms with van der Waals surface area (Å²) >= 11 is 0. The molecule has 1 aliphatic heterocycles. The Labute approximate surface area is 128 Å². The third-order valence-corrected chi connectivity index (χ3v) is 5.15. The predicted octanol–water partition coefficient (Wildman–Crippen LogP) is 0.266. The van der Waals surface area contributed by atoms with Crippen LogP contribution < -0.4 is 4.72 Å². The molecule has 118 valence electrons. The van der Waals surface area contributed by atoms with Crippen LogP contribution in [0, 0.1) is 0 Å². The van der Waals surface area contributed by atoms with Gasteiger partial charge in [0.25, 0.3) is 15.9 Å². The normalized spacial score (nSPS) is 14.8. The van der Waals surface area contributed by atoms with E-state index in [1.165, 1.54) is 17.1 Å². The van der Waals surface area contributed by atoms with Crippen LogP contribution in [-0.4, -0.2) is 33.7 Å². The SMILES string of the molecule is CC(C)(C(=O)NS(=O)(=O)c1cnc2n1CCC2)n1cccn1. The van der Waals surface area contributed by atoms with Crippen LogP contribution in [0.2, 0.25) is 0 Å². The van der Waals surface area contributed by atoms with Crippen LogP contribution in [0.5, 0.6) is 0 Å². The maximum Gasteiger partial charge on any atom is 0.281 e. The molecule has 0 atom stereocenters. The van der Waals surface area contributed by atoms with E-state index in [-0.39, 0.29) is 5.03 Å². The molecule has 0 spiro atoms. The first-order valence-electron chi connectivity index (χ1n) is 6.94. The summed E-state index contributed by atoms with van der Waals surface area (Å²) < 4.78 is 30.1. The van der Waals surface area contributed by atoms with Gasteiger partial charge in [0.05, 0.1) is 6.20 Å². The highest BCUT2D eigenvalue weighted by atomic mass is 32.2.